The molecule has 0 radical (unpaired) electrons. The van der Waals surface area contributed by atoms with Crippen molar-refractivity contribution in [2.75, 3.05) is 6.61 Å². The van der Waals surface area contributed by atoms with E-state index in [0.717, 1.165) is 19.4 Å². The molecular weight excluding hydrogens is 180 g/mol. The van der Waals surface area contributed by atoms with Gasteiger partial charge in [0, 0.05) is 13.0 Å². The van der Waals surface area contributed by atoms with Gasteiger partial charge in [0.25, 0.3) is 0 Å². The number of hydrogen-bond donors (Lipinski definition) is 0. The number of hydrogen-bond acceptors (Lipinski definition) is 4. The Morgan fingerprint density at radius 2 is 2.50 bits per heavy atom. The standard InChI is InChI=1S/C7H9ClN2O2/c8-7-9-6(10-12-7)4-5-2-1-3-11-5/h5H,1-4H2. The van der Waals surface area contributed by atoms with Crippen molar-refractivity contribution in [3.63, 3.8) is 0 Å². The maximum atomic E-state index is 5.46. The molecule has 1 aliphatic heterocycles. The summed E-state index contributed by atoms with van der Waals surface area (Å²) < 4.78 is 10.0. The van der Waals surface area contributed by atoms with Gasteiger partial charge in [0.2, 0.25) is 0 Å². The average Bonchev–Trinajstić information content (AvgIpc) is 2.63. The third-order valence-electron chi connectivity index (χ3n) is 1.88. The molecule has 2 rings (SSSR count). The highest BCUT2D eigenvalue weighted by molar-refractivity contribution is 6.27. The van der Waals surface area contributed by atoms with Gasteiger partial charge < -0.3 is 9.26 Å². The van der Waals surface area contributed by atoms with E-state index in [4.69, 9.17) is 16.3 Å². The van der Waals surface area contributed by atoms with E-state index in [9.17, 15) is 0 Å². The van der Waals surface area contributed by atoms with E-state index in [0.29, 0.717) is 12.2 Å². The fraction of sp³-hybridized carbons (Fsp3) is 0.714. The average molecular weight is 189 g/mol. The van der Waals surface area contributed by atoms with Crippen LogP contribution in [0.15, 0.2) is 4.52 Å². The monoisotopic (exact) mass is 188 g/mol. The molecule has 0 amide bonds. The second-order valence-corrected chi connectivity index (χ2v) is 3.13. The van der Waals surface area contributed by atoms with Crippen LogP contribution in [0.5, 0.6) is 0 Å². The number of aromatic nitrogens is 2. The van der Waals surface area contributed by atoms with Crippen LogP contribution >= 0.6 is 11.6 Å². The lowest BCUT2D eigenvalue weighted by Crippen LogP contribution is -2.09. The van der Waals surface area contributed by atoms with Crippen LogP contribution in [0.2, 0.25) is 5.35 Å². The highest BCUT2D eigenvalue weighted by atomic mass is 35.5. The Labute approximate surface area is 74.9 Å². The van der Waals surface area contributed by atoms with Crippen LogP contribution < -0.4 is 0 Å². The van der Waals surface area contributed by atoms with Gasteiger partial charge in [-0.05, 0) is 24.4 Å². The van der Waals surface area contributed by atoms with Gasteiger partial charge in [-0.1, -0.05) is 5.16 Å². The molecule has 0 aliphatic carbocycles. The maximum Gasteiger partial charge on any atom is 0.320 e. The quantitative estimate of drug-likeness (QED) is 0.705. The molecular formula is C7H9ClN2O2. The van der Waals surface area contributed by atoms with Gasteiger partial charge in [-0.3, -0.25) is 0 Å². The smallest absolute Gasteiger partial charge is 0.320 e. The first-order valence-corrected chi connectivity index (χ1v) is 4.32. The lowest BCUT2D eigenvalue weighted by molar-refractivity contribution is 0.109. The summed E-state index contributed by atoms with van der Waals surface area (Å²) in [4.78, 5) is 3.88. The van der Waals surface area contributed by atoms with Gasteiger partial charge in [0.1, 0.15) is 0 Å². The number of rotatable bonds is 2. The predicted molar refractivity (Wildman–Crippen MR) is 42.0 cm³/mol. The van der Waals surface area contributed by atoms with E-state index in [1.807, 2.05) is 0 Å². The predicted octanol–water partition coefficient (Wildman–Crippen LogP) is 1.44. The molecule has 0 saturated carbocycles. The Morgan fingerprint density at radius 1 is 1.58 bits per heavy atom. The van der Waals surface area contributed by atoms with Crippen molar-refractivity contribution in [1.82, 2.24) is 10.1 Å². The summed E-state index contributed by atoms with van der Waals surface area (Å²) in [6.07, 6.45) is 3.15. The van der Waals surface area contributed by atoms with Gasteiger partial charge in [0.05, 0.1) is 6.10 Å². The molecule has 0 aromatic carbocycles. The van der Waals surface area contributed by atoms with Crippen molar-refractivity contribution in [2.24, 2.45) is 0 Å². The molecule has 0 N–H and O–H groups in total. The lowest BCUT2D eigenvalue weighted by atomic mass is 10.2. The molecule has 12 heavy (non-hydrogen) atoms. The molecule has 1 aromatic heterocycles. The Balaban J connectivity index is 1.94. The van der Waals surface area contributed by atoms with Crippen molar-refractivity contribution < 1.29 is 9.26 Å². The minimum atomic E-state index is 0.1000. The molecule has 66 valence electrons. The van der Waals surface area contributed by atoms with Crippen LogP contribution in [0, 0.1) is 0 Å². The number of nitrogens with zero attached hydrogens (tertiary/aromatic N) is 2. The second kappa shape index (κ2) is 3.41. The van der Waals surface area contributed by atoms with Crippen LogP contribution in [-0.4, -0.2) is 22.9 Å². The third kappa shape index (κ3) is 1.76. The van der Waals surface area contributed by atoms with Crippen LogP contribution in [0.1, 0.15) is 18.7 Å². The van der Waals surface area contributed by atoms with E-state index >= 15 is 0 Å². The van der Waals surface area contributed by atoms with Crippen molar-refractivity contribution in [3.8, 4) is 0 Å². The first-order chi connectivity index (χ1) is 5.84. The zero-order valence-electron chi connectivity index (χ0n) is 6.49. The second-order valence-electron chi connectivity index (χ2n) is 2.80. The molecule has 2 heterocycles. The van der Waals surface area contributed by atoms with Crippen LogP contribution in [0.3, 0.4) is 0 Å². The Bertz CT molecular complexity index is 258. The summed E-state index contributed by atoms with van der Waals surface area (Å²) >= 11 is 5.46. The topological polar surface area (TPSA) is 48.2 Å². The molecule has 1 saturated heterocycles. The summed E-state index contributed by atoms with van der Waals surface area (Å²) in [7, 11) is 0. The molecule has 0 spiro atoms. The van der Waals surface area contributed by atoms with Gasteiger partial charge in [-0.2, -0.15) is 4.98 Å². The zero-order chi connectivity index (χ0) is 8.39. The fourth-order valence-electron chi connectivity index (χ4n) is 1.32. The minimum absolute atomic E-state index is 0.1000. The van der Waals surface area contributed by atoms with E-state index in [-0.39, 0.29) is 11.5 Å². The summed E-state index contributed by atoms with van der Waals surface area (Å²) in [5, 5.41) is 3.78. The minimum Gasteiger partial charge on any atom is -0.378 e. The van der Waals surface area contributed by atoms with E-state index in [2.05, 4.69) is 14.7 Å². The number of halogens is 1. The SMILES string of the molecule is Clc1nc(CC2CCCO2)no1. The van der Waals surface area contributed by atoms with E-state index in [1.54, 1.807) is 0 Å². The van der Waals surface area contributed by atoms with Gasteiger partial charge >= 0.3 is 5.35 Å². The Hall–Kier alpha value is -0.610. The molecule has 1 atom stereocenters. The summed E-state index contributed by atoms with van der Waals surface area (Å²) in [5.41, 5.74) is 0. The zero-order valence-corrected chi connectivity index (χ0v) is 7.25. The highest BCUT2D eigenvalue weighted by Crippen LogP contribution is 2.16. The van der Waals surface area contributed by atoms with Crippen molar-refractivity contribution >= 4 is 11.6 Å². The molecule has 1 aromatic rings. The molecule has 0 bridgehead atoms. The van der Waals surface area contributed by atoms with Crippen LogP contribution in [0.4, 0.5) is 0 Å². The summed E-state index contributed by atoms with van der Waals surface area (Å²) in [6, 6.07) is 0. The van der Waals surface area contributed by atoms with E-state index < -0.39 is 0 Å². The van der Waals surface area contributed by atoms with Crippen LogP contribution in [0.25, 0.3) is 0 Å². The molecule has 4 nitrogen and oxygen atoms in total. The normalized spacial score (nSPS) is 23.2. The molecule has 1 aliphatic rings. The maximum absolute atomic E-state index is 5.46. The first-order valence-electron chi connectivity index (χ1n) is 3.94. The van der Waals surface area contributed by atoms with Crippen molar-refractivity contribution in [3.05, 3.63) is 11.2 Å². The highest BCUT2D eigenvalue weighted by Gasteiger charge is 2.18. The molecule has 1 unspecified atom stereocenters. The summed E-state index contributed by atoms with van der Waals surface area (Å²) in [6.45, 7) is 0.844. The Kier molecular flexibility index (Phi) is 2.28. The van der Waals surface area contributed by atoms with E-state index in [1.165, 1.54) is 0 Å². The molecule has 5 heteroatoms. The molecule has 1 fully saturated rings. The lowest BCUT2D eigenvalue weighted by Gasteiger charge is -2.03. The van der Waals surface area contributed by atoms with Crippen molar-refractivity contribution in [2.45, 2.75) is 25.4 Å². The van der Waals surface area contributed by atoms with Crippen molar-refractivity contribution in [1.29, 1.82) is 0 Å². The number of ether oxygens (including phenoxy) is 1. The van der Waals surface area contributed by atoms with Gasteiger partial charge in [-0.25, -0.2) is 0 Å². The van der Waals surface area contributed by atoms with Gasteiger partial charge in [0.15, 0.2) is 5.82 Å². The largest absolute Gasteiger partial charge is 0.378 e. The first kappa shape index (κ1) is 8.01. The fourth-order valence-corrected chi connectivity index (χ4v) is 1.46. The third-order valence-corrected chi connectivity index (χ3v) is 2.03. The summed E-state index contributed by atoms with van der Waals surface area (Å²) in [5.74, 6) is 0.631. The van der Waals surface area contributed by atoms with Crippen LogP contribution in [-0.2, 0) is 11.2 Å². The van der Waals surface area contributed by atoms with Gasteiger partial charge in [-0.15, -0.1) is 0 Å². The Morgan fingerprint density at radius 3 is 3.08 bits per heavy atom.